The fourth-order valence-electron chi connectivity index (χ4n) is 2.81. The van der Waals surface area contributed by atoms with Gasteiger partial charge in [0, 0.05) is 17.6 Å². The van der Waals surface area contributed by atoms with Crippen molar-refractivity contribution in [3.8, 4) is 0 Å². The van der Waals surface area contributed by atoms with Gasteiger partial charge in [0.15, 0.2) is 0 Å². The molecule has 1 N–H and O–H groups in total. The molecule has 0 radical (unpaired) electrons. The molecule has 0 aliphatic carbocycles. The first-order valence-corrected chi connectivity index (χ1v) is 7.42. The van der Waals surface area contributed by atoms with E-state index >= 15 is 0 Å². The zero-order chi connectivity index (χ0) is 14.3. The van der Waals surface area contributed by atoms with Crippen LogP contribution in [0, 0.1) is 0 Å². The molecule has 6 heteroatoms. The third-order valence-electron chi connectivity index (χ3n) is 3.76. The average molecular weight is 339 g/mol. The van der Waals surface area contributed by atoms with E-state index in [0.29, 0.717) is 24.5 Å². The number of para-hydroxylation sites is 1. The van der Waals surface area contributed by atoms with Gasteiger partial charge in [0.1, 0.15) is 0 Å². The van der Waals surface area contributed by atoms with Crippen molar-refractivity contribution in [1.29, 1.82) is 0 Å². The minimum Gasteiger partial charge on any atom is -0.392 e. The molecule has 1 fully saturated rings. The van der Waals surface area contributed by atoms with Crippen molar-refractivity contribution >= 4 is 33.3 Å². The highest BCUT2D eigenvalue weighted by molar-refractivity contribution is 9.10. The van der Waals surface area contributed by atoms with Crippen LogP contribution in [0.5, 0.6) is 0 Å². The van der Waals surface area contributed by atoms with Gasteiger partial charge in [-0.1, -0.05) is 6.07 Å². The molecule has 20 heavy (non-hydrogen) atoms. The molecule has 5 nitrogen and oxygen atoms in total. The predicted molar refractivity (Wildman–Crippen MR) is 77.6 cm³/mol. The number of benzene rings is 1. The fourth-order valence-corrected chi connectivity index (χ4v) is 3.39. The largest absolute Gasteiger partial charge is 0.392 e. The second kappa shape index (κ2) is 5.27. The lowest BCUT2D eigenvalue weighted by atomic mass is 10.1. The number of β-amino-alcohol motifs (C(OH)–C–C–N with tert-alkyl or cyclic N) is 1. The Balaban J connectivity index is 1.87. The monoisotopic (exact) mass is 338 g/mol. The number of fused-ring (bicyclic) bond motifs is 1. The number of rotatable bonds is 2. The van der Waals surface area contributed by atoms with Crippen LogP contribution in [0.1, 0.15) is 23.2 Å². The zero-order valence-electron chi connectivity index (χ0n) is 10.9. The molecule has 0 aromatic heterocycles. The van der Waals surface area contributed by atoms with Crippen LogP contribution in [0.2, 0.25) is 0 Å². The first-order valence-electron chi connectivity index (χ1n) is 6.63. The number of carbonyl (C=O) groups excluding carboxylic acids is 2. The highest BCUT2D eigenvalue weighted by Crippen LogP contribution is 2.36. The number of Topliss-reactive ketones (excluding diaryl/α,β-unsaturated/α-hetero) is 1. The van der Waals surface area contributed by atoms with Crippen molar-refractivity contribution in [2.75, 3.05) is 24.7 Å². The number of likely N-dealkylation sites (tertiary alicyclic amines) is 1. The van der Waals surface area contributed by atoms with Crippen LogP contribution >= 0.6 is 15.9 Å². The third-order valence-corrected chi connectivity index (χ3v) is 4.40. The lowest BCUT2D eigenvalue weighted by molar-refractivity contribution is -0.114. The maximum Gasteiger partial charge on any atom is 0.300 e. The first-order chi connectivity index (χ1) is 9.58. The number of hydrogen-bond acceptors (Lipinski definition) is 4. The first kappa shape index (κ1) is 13.7. The Morgan fingerprint density at radius 2 is 2.15 bits per heavy atom. The number of halogens is 1. The highest BCUT2D eigenvalue weighted by Gasteiger charge is 2.38. The summed E-state index contributed by atoms with van der Waals surface area (Å²) in [4.78, 5) is 27.6. The maximum atomic E-state index is 12.1. The van der Waals surface area contributed by atoms with Crippen LogP contribution in [0.3, 0.4) is 0 Å². The van der Waals surface area contributed by atoms with Gasteiger partial charge in [-0.3, -0.25) is 19.4 Å². The lowest BCUT2D eigenvalue weighted by Crippen LogP contribution is -2.46. The van der Waals surface area contributed by atoms with Crippen LogP contribution < -0.4 is 4.90 Å². The Kier molecular flexibility index (Phi) is 3.62. The van der Waals surface area contributed by atoms with Crippen LogP contribution in [-0.2, 0) is 4.79 Å². The fraction of sp³-hybridized carbons (Fsp3) is 0.429. The molecule has 0 unspecified atom stereocenters. The standard InChI is InChI=1S/C14H15BrN2O3/c15-11-5-1-4-10-12(11)17(14(20)13(10)19)8-16-6-2-3-9(18)7-16/h1,4-5,9,18H,2-3,6-8H2/t9-/m0/s1. The van der Waals surface area contributed by atoms with Gasteiger partial charge < -0.3 is 5.11 Å². The van der Waals surface area contributed by atoms with Crippen molar-refractivity contribution in [3.63, 3.8) is 0 Å². The number of carbonyl (C=O) groups is 2. The van der Waals surface area contributed by atoms with Gasteiger partial charge in [0.2, 0.25) is 0 Å². The van der Waals surface area contributed by atoms with Gasteiger partial charge in [-0.2, -0.15) is 0 Å². The Labute approximate surface area is 125 Å². The molecule has 1 saturated heterocycles. The molecule has 0 saturated carbocycles. The third kappa shape index (κ3) is 2.28. The van der Waals surface area contributed by atoms with E-state index in [1.165, 1.54) is 4.90 Å². The number of amides is 1. The van der Waals surface area contributed by atoms with E-state index in [0.717, 1.165) is 23.9 Å². The SMILES string of the molecule is O=C1C(=O)N(CN2CCC[C@H](O)C2)c2c(Br)cccc21. The van der Waals surface area contributed by atoms with Gasteiger partial charge in [-0.15, -0.1) is 0 Å². The molecule has 106 valence electrons. The Morgan fingerprint density at radius 3 is 2.90 bits per heavy atom. The Morgan fingerprint density at radius 1 is 1.35 bits per heavy atom. The summed E-state index contributed by atoms with van der Waals surface area (Å²) in [5.41, 5.74) is 1.09. The van der Waals surface area contributed by atoms with Crippen molar-refractivity contribution in [2.24, 2.45) is 0 Å². The second-order valence-corrected chi connectivity index (χ2v) is 6.07. The van der Waals surface area contributed by atoms with Crippen LogP contribution in [0.15, 0.2) is 22.7 Å². The number of aliphatic hydroxyl groups is 1. The number of aliphatic hydroxyl groups excluding tert-OH is 1. The van der Waals surface area contributed by atoms with E-state index in [1.54, 1.807) is 12.1 Å². The smallest absolute Gasteiger partial charge is 0.300 e. The number of nitrogens with zero attached hydrogens (tertiary/aromatic N) is 2. The van der Waals surface area contributed by atoms with Gasteiger partial charge in [-0.25, -0.2) is 0 Å². The molecule has 1 aromatic rings. The van der Waals surface area contributed by atoms with E-state index in [4.69, 9.17) is 0 Å². The van der Waals surface area contributed by atoms with Gasteiger partial charge in [0.05, 0.1) is 24.0 Å². The summed E-state index contributed by atoms with van der Waals surface area (Å²) in [6.45, 7) is 1.71. The number of ketones is 1. The Hall–Kier alpha value is -1.24. The van der Waals surface area contributed by atoms with Crippen molar-refractivity contribution in [3.05, 3.63) is 28.2 Å². The number of hydrogen-bond donors (Lipinski definition) is 1. The molecule has 2 aliphatic rings. The van der Waals surface area contributed by atoms with Crippen LogP contribution in [0.25, 0.3) is 0 Å². The van der Waals surface area contributed by atoms with E-state index in [-0.39, 0.29) is 6.10 Å². The summed E-state index contributed by atoms with van der Waals surface area (Å²) in [6, 6.07) is 5.25. The van der Waals surface area contributed by atoms with Crippen LogP contribution in [0.4, 0.5) is 5.69 Å². The maximum absolute atomic E-state index is 12.1. The molecular formula is C14H15BrN2O3. The second-order valence-electron chi connectivity index (χ2n) is 5.21. The van der Waals surface area contributed by atoms with Gasteiger partial charge in [0.25, 0.3) is 5.78 Å². The molecule has 1 aromatic carbocycles. The molecule has 2 aliphatic heterocycles. The van der Waals surface area contributed by atoms with E-state index in [2.05, 4.69) is 15.9 Å². The summed E-state index contributed by atoms with van der Waals surface area (Å²) in [6.07, 6.45) is 1.35. The quantitative estimate of drug-likeness (QED) is 0.828. The number of anilines is 1. The van der Waals surface area contributed by atoms with E-state index in [9.17, 15) is 14.7 Å². The summed E-state index contributed by atoms with van der Waals surface area (Å²) in [5, 5.41) is 9.70. The predicted octanol–water partition coefficient (Wildman–Crippen LogP) is 1.39. The van der Waals surface area contributed by atoms with Gasteiger partial charge >= 0.3 is 5.91 Å². The molecule has 2 heterocycles. The molecule has 1 atom stereocenters. The molecular weight excluding hydrogens is 324 g/mol. The Bertz CT molecular complexity index is 576. The van der Waals surface area contributed by atoms with E-state index in [1.807, 2.05) is 11.0 Å². The average Bonchev–Trinajstić information content (AvgIpc) is 2.66. The summed E-state index contributed by atoms with van der Waals surface area (Å²) >= 11 is 3.41. The van der Waals surface area contributed by atoms with Crippen LogP contribution in [-0.4, -0.2) is 47.6 Å². The summed E-state index contributed by atoms with van der Waals surface area (Å²) in [7, 11) is 0. The molecule has 0 spiro atoms. The summed E-state index contributed by atoms with van der Waals surface area (Å²) in [5.74, 6) is -0.953. The molecule has 0 bridgehead atoms. The van der Waals surface area contributed by atoms with E-state index < -0.39 is 11.7 Å². The van der Waals surface area contributed by atoms with Crippen molar-refractivity contribution in [2.45, 2.75) is 18.9 Å². The lowest BCUT2D eigenvalue weighted by Gasteiger charge is -2.33. The highest BCUT2D eigenvalue weighted by atomic mass is 79.9. The number of piperidine rings is 1. The zero-order valence-corrected chi connectivity index (χ0v) is 12.5. The minimum atomic E-state index is -0.494. The van der Waals surface area contributed by atoms with Crippen molar-refractivity contribution in [1.82, 2.24) is 4.90 Å². The molecule has 3 rings (SSSR count). The minimum absolute atomic E-state index is 0.344. The summed E-state index contributed by atoms with van der Waals surface area (Å²) < 4.78 is 0.742. The molecule has 1 amide bonds. The van der Waals surface area contributed by atoms with Gasteiger partial charge in [-0.05, 0) is 40.9 Å². The van der Waals surface area contributed by atoms with Crippen molar-refractivity contribution < 1.29 is 14.7 Å². The normalized spacial score (nSPS) is 23.3. The topological polar surface area (TPSA) is 60.9 Å².